The van der Waals surface area contributed by atoms with E-state index in [2.05, 4.69) is 170 Å². The van der Waals surface area contributed by atoms with Gasteiger partial charge in [-0.25, -0.2) is 0 Å². The lowest BCUT2D eigenvalue weighted by molar-refractivity contribution is 0.202. The minimum Gasteiger partial charge on any atom is -0.491 e. The quantitative estimate of drug-likeness (QED) is 0.145. The van der Waals surface area contributed by atoms with Crippen molar-refractivity contribution in [1.29, 1.82) is 0 Å². The second kappa shape index (κ2) is 14.5. The van der Waals surface area contributed by atoms with Crippen LogP contribution in [0.2, 0.25) is 0 Å². The molecule has 9 aromatic rings. The van der Waals surface area contributed by atoms with E-state index in [1.54, 1.807) is 22.7 Å². The Morgan fingerprint density at radius 1 is 0.492 bits per heavy atom. The maximum atomic E-state index is 9.80. The Morgan fingerprint density at radius 2 is 1.05 bits per heavy atom. The zero-order valence-electron chi connectivity index (χ0n) is 32.0. The molecule has 0 spiro atoms. The van der Waals surface area contributed by atoms with E-state index in [0.29, 0.717) is 0 Å². The van der Waals surface area contributed by atoms with Crippen molar-refractivity contribution in [2.24, 2.45) is 0 Å². The molecule has 2 aromatic heterocycles. The van der Waals surface area contributed by atoms with Gasteiger partial charge in [-0.3, -0.25) is 0 Å². The van der Waals surface area contributed by atoms with Gasteiger partial charge in [0.1, 0.15) is 24.7 Å². The molecule has 0 radical (unpaired) electrons. The van der Waals surface area contributed by atoms with Crippen LogP contribution < -0.4 is 19.9 Å². The molecule has 2 N–H and O–H groups in total. The summed E-state index contributed by atoms with van der Waals surface area (Å²) in [4.78, 5) is 2.21. The molecule has 11 rings (SSSR count). The van der Waals surface area contributed by atoms with E-state index in [1.165, 1.54) is 57.7 Å². The number of fused-ring (bicyclic) bond motifs is 6. The van der Waals surface area contributed by atoms with Crippen LogP contribution in [-0.2, 0) is 5.41 Å². The summed E-state index contributed by atoms with van der Waals surface area (Å²) in [6.07, 6.45) is 9.38. The maximum Gasteiger partial charge on any atom is 0.128 e. The van der Waals surface area contributed by atoms with E-state index in [-0.39, 0.29) is 26.4 Å². The zero-order chi connectivity index (χ0) is 39.5. The first-order chi connectivity index (χ1) is 29.1. The van der Waals surface area contributed by atoms with Crippen molar-refractivity contribution in [3.05, 3.63) is 195 Å². The number of aliphatic hydroxyl groups excluding tert-OH is 2. The summed E-state index contributed by atoms with van der Waals surface area (Å²) >= 11 is 3.49. The summed E-state index contributed by atoms with van der Waals surface area (Å²) < 4.78 is 14.9. The van der Waals surface area contributed by atoms with Crippen molar-refractivity contribution >= 4 is 71.8 Å². The smallest absolute Gasteiger partial charge is 0.128 e. The highest BCUT2D eigenvalue weighted by molar-refractivity contribution is 7.22. The van der Waals surface area contributed by atoms with Gasteiger partial charge in [0.25, 0.3) is 0 Å². The van der Waals surface area contributed by atoms with E-state index in [1.807, 2.05) is 0 Å². The Balaban J connectivity index is 1.16. The molecule has 59 heavy (non-hydrogen) atoms. The molecule has 0 bridgehead atoms. The van der Waals surface area contributed by atoms with Crippen LogP contribution in [0.1, 0.15) is 22.3 Å². The number of hydrogen-bond donors (Lipinski definition) is 2. The maximum absolute atomic E-state index is 9.80. The molecule has 0 saturated carbocycles. The van der Waals surface area contributed by atoms with Gasteiger partial charge >= 0.3 is 0 Å². The number of ether oxygens (including phenoxy) is 2. The van der Waals surface area contributed by atoms with E-state index in [0.717, 1.165) is 48.7 Å². The van der Waals surface area contributed by atoms with Crippen LogP contribution in [0.25, 0.3) is 70.1 Å². The van der Waals surface area contributed by atoms with Crippen molar-refractivity contribution in [3.8, 4) is 32.4 Å². The molecule has 0 fully saturated rings. The number of rotatable bonds is 10. The standard InChI is InChI=1S/C53H38O4S2/c54-19-21-56-47-15-13-41(30-45(47)51-28-36-9-3-5-11-49(36)58-51)53(42-14-16-48(57-22-20-55)46(31-42)52-29-37-10-4-6-12-50(37)59-52)18-17-35-27-44-39(25-40(35)32-53)24-38-23-33-7-1-2-8-34(33)26-43(38)44/h1-18,23-32,54-55H,19-22H2. The van der Waals surface area contributed by atoms with Crippen LogP contribution in [0.15, 0.2) is 152 Å². The van der Waals surface area contributed by atoms with E-state index in [4.69, 9.17) is 9.47 Å². The van der Waals surface area contributed by atoms with Crippen molar-refractivity contribution in [1.82, 2.24) is 0 Å². The summed E-state index contributed by atoms with van der Waals surface area (Å²) in [6.45, 7) is 0.263. The molecule has 0 unspecified atom stereocenters. The molecule has 4 nitrogen and oxygen atoms in total. The SMILES string of the molecule is OCCOc1ccc(C2(c3ccc(OCCO)c(-c4cc5ccccc5s4)c3)C=Cc3cc4c(cc3=C2)C=c2cc3ccccc3cc2=4)cc1-c1cc2ccccc2s1. The third-order valence-electron chi connectivity index (χ3n) is 11.7. The van der Waals surface area contributed by atoms with Crippen LogP contribution in [0.3, 0.4) is 0 Å². The topological polar surface area (TPSA) is 58.9 Å². The monoisotopic (exact) mass is 802 g/mol. The number of thiophene rings is 2. The van der Waals surface area contributed by atoms with E-state index in [9.17, 15) is 10.2 Å². The first kappa shape index (κ1) is 35.8. The Labute approximate surface area is 348 Å². The molecule has 0 amide bonds. The van der Waals surface area contributed by atoms with Crippen LogP contribution in [0, 0.1) is 10.4 Å². The summed E-state index contributed by atoms with van der Waals surface area (Å²) in [5.41, 5.74) is 5.86. The second-order valence-corrected chi connectivity index (χ2v) is 17.4. The molecule has 2 aliphatic rings. The van der Waals surface area contributed by atoms with Gasteiger partial charge in [0.05, 0.1) is 18.6 Å². The lowest BCUT2D eigenvalue weighted by Crippen LogP contribution is -2.29. The second-order valence-electron chi connectivity index (χ2n) is 15.2. The molecule has 0 aliphatic heterocycles. The fraction of sp³-hybridized carbons (Fsp3) is 0.0943. The summed E-state index contributed by atoms with van der Waals surface area (Å²) in [7, 11) is 0. The highest BCUT2D eigenvalue weighted by Gasteiger charge is 2.34. The minimum atomic E-state index is -0.691. The van der Waals surface area contributed by atoms with Gasteiger partial charge in [-0.2, -0.15) is 0 Å². The van der Waals surface area contributed by atoms with Crippen LogP contribution in [0.4, 0.5) is 0 Å². The van der Waals surface area contributed by atoms with Gasteiger partial charge in [0.2, 0.25) is 0 Å². The summed E-state index contributed by atoms with van der Waals surface area (Å²) in [6, 6.07) is 52.3. The number of aliphatic hydroxyl groups is 2. The normalized spacial score (nSPS) is 13.5. The molecule has 7 aromatic carbocycles. The predicted molar refractivity (Wildman–Crippen MR) is 245 cm³/mol. The summed E-state index contributed by atoms with van der Waals surface area (Å²) in [5, 5.41) is 29.4. The van der Waals surface area contributed by atoms with Gasteiger partial charge in [-0.15, -0.1) is 22.7 Å². The lowest BCUT2D eigenvalue weighted by atomic mass is 9.70. The van der Waals surface area contributed by atoms with Crippen molar-refractivity contribution in [2.45, 2.75) is 5.41 Å². The fourth-order valence-electron chi connectivity index (χ4n) is 8.84. The van der Waals surface area contributed by atoms with Crippen molar-refractivity contribution in [3.63, 3.8) is 0 Å². The number of hydrogen-bond acceptors (Lipinski definition) is 6. The minimum absolute atomic E-state index is 0.0721. The van der Waals surface area contributed by atoms with E-state index < -0.39 is 5.41 Å². The average molecular weight is 803 g/mol. The third kappa shape index (κ3) is 6.19. The molecule has 0 atom stereocenters. The molecular weight excluding hydrogens is 765 g/mol. The van der Waals surface area contributed by atoms with Crippen LogP contribution in [0.5, 0.6) is 11.5 Å². The summed E-state index contributed by atoms with van der Waals surface area (Å²) in [5.74, 6) is 1.47. The largest absolute Gasteiger partial charge is 0.491 e. The van der Waals surface area contributed by atoms with E-state index >= 15 is 0 Å². The number of allylic oxidation sites excluding steroid dienone is 1. The molecular formula is C53H38O4S2. The first-order valence-electron chi connectivity index (χ1n) is 19.9. The predicted octanol–water partition coefficient (Wildman–Crippen LogP) is 10.6. The molecule has 2 aliphatic carbocycles. The molecule has 286 valence electrons. The fourth-order valence-corrected chi connectivity index (χ4v) is 11.0. The van der Waals surface area contributed by atoms with Gasteiger partial charge < -0.3 is 19.7 Å². The van der Waals surface area contributed by atoms with Crippen LogP contribution in [-0.4, -0.2) is 36.6 Å². The molecule has 0 saturated heterocycles. The Hall–Kier alpha value is -6.28. The van der Waals surface area contributed by atoms with Gasteiger partial charge in [-0.1, -0.05) is 91.0 Å². The van der Waals surface area contributed by atoms with Gasteiger partial charge in [-0.05, 0) is 144 Å². The Kier molecular flexibility index (Phi) is 8.82. The molecule has 2 heterocycles. The third-order valence-corrected chi connectivity index (χ3v) is 14.0. The van der Waals surface area contributed by atoms with Gasteiger partial charge in [0, 0.05) is 30.3 Å². The lowest BCUT2D eigenvalue weighted by Gasteiger charge is -2.33. The zero-order valence-corrected chi connectivity index (χ0v) is 33.7. The Morgan fingerprint density at radius 3 is 1.63 bits per heavy atom. The van der Waals surface area contributed by atoms with Crippen LogP contribution >= 0.6 is 22.7 Å². The Bertz CT molecular complexity index is 3200. The van der Waals surface area contributed by atoms with Crippen molar-refractivity contribution < 1.29 is 19.7 Å². The molecule has 6 heteroatoms. The van der Waals surface area contributed by atoms with Crippen molar-refractivity contribution in [2.75, 3.05) is 26.4 Å². The highest BCUT2D eigenvalue weighted by atomic mass is 32.1. The average Bonchev–Trinajstić information content (AvgIpc) is 4.01. The van der Waals surface area contributed by atoms with Gasteiger partial charge in [0.15, 0.2) is 0 Å². The number of benzene rings is 7. The first-order valence-corrected chi connectivity index (χ1v) is 21.6. The highest BCUT2D eigenvalue weighted by Crippen LogP contribution is 2.47.